The number of non-ortho nitro benzene ring substituents is 1. The smallest absolute Gasteiger partial charge is 0.326 e. The Labute approximate surface area is 153 Å². The van der Waals surface area contributed by atoms with Crippen LogP contribution in [0.5, 0.6) is 0 Å². The summed E-state index contributed by atoms with van der Waals surface area (Å²) in [6.07, 6.45) is -0.0227. The van der Waals surface area contributed by atoms with Crippen molar-refractivity contribution in [1.82, 2.24) is 5.32 Å². The lowest BCUT2D eigenvalue weighted by molar-refractivity contribution is -0.384. The molecule has 140 valence electrons. The Balaban J connectivity index is 2.08. The SMILES string of the molecule is NC(N)=Nc1ccc(C(=O)N[C@@H](Cc2ccc([N+](=O)[O-])cc2)C(=O)O)cc1. The fraction of sp³-hybridized carbons (Fsp3) is 0.118. The number of aliphatic carboxylic acids is 1. The minimum Gasteiger partial charge on any atom is -0.480 e. The third kappa shape index (κ3) is 5.53. The zero-order valence-corrected chi connectivity index (χ0v) is 14.0. The number of carbonyl (C=O) groups excluding carboxylic acids is 1. The first-order valence-electron chi connectivity index (χ1n) is 7.73. The number of benzene rings is 2. The Morgan fingerprint density at radius 3 is 2.19 bits per heavy atom. The molecule has 27 heavy (non-hydrogen) atoms. The normalized spacial score (nSPS) is 11.3. The quantitative estimate of drug-likeness (QED) is 0.242. The van der Waals surface area contributed by atoms with Gasteiger partial charge in [-0.25, -0.2) is 9.79 Å². The summed E-state index contributed by atoms with van der Waals surface area (Å²) >= 11 is 0. The molecule has 0 aromatic heterocycles. The maximum absolute atomic E-state index is 12.3. The lowest BCUT2D eigenvalue weighted by Gasteiger charge is -2.14. The second-order valence-corrected chi connectivity index (χ2v) is 5.58. The van der Waals surface area contributed by atoms with E-state index in [1.54, 1.807) is 0 Å². The first-order valence-corrected chi connectivity index (χ1v) is 7.73. The van der Waals surface area contributed by atoms with Crippen LogP contribution in [0.2, 0.25) is 0 Å². The molecule has 0 bridgehead atoms. The van der Waals surface area contributed by atoms with Crippen LogP contribution in [0.3, 0.4) is 0 Å². The van der Waals surface area contributed by atoms with E-state index in [9.17, 15) is 24.8 Å². The lowest BCUT2D eigenvalue weighted by Crippen LogP contribution is -2.42. The Morgan fingerprint density at radius 2 is 1.70 bits per heavy atom. The van der Waals surface area contributed by atoms with Crippen molar-refractivity contribution in [3.05, 3.63) is 69.8 Å². The molecule has 0 aliphatic rings. The number of guanidine groups is 1. The number of amides is 1. The van der Waals surface area contributed by atoms with Crippen LogP contribution < -0.4 is 16.8 Å². The van der Waals surface area contributed by atoms with Gasteiger partial charge in [0.15, 0.2) is 5.96 Å². The van der Waals surface area contributed by atoms with E-state index in [0.29, 0.717) is 11.3 Å². The first kappa shape index (κ1) is 19.4. The molecular formula is C17H17N5O5. The van der Waals surface area contributed by atoms with Crippen molar-refractivity contribution in [1.29, 1.82) is 0 Å². The first-order chi connectivity index (χ1) is 12.8. The van der Waals surface area contributed by atoms with Crippen LogP contribution in [-0.4, -0.2) is 33.9 Å². The summed E-state index contributed by atoms with van der Waals surface area (Å²) in [5.41, 5.74) is 11.7. The summed E-state index contributed by atoms with van der Waals surface area (Å²) in [7, 11) is 0. The molecule has 0 aliphatic heterocycles. The third-order valence-corrected chi connectivity index (χ3v) is 3.58. The molecule has 2 rings (SSSR count). The molecule has 10 heteroatoms. The maximum atomic E-state index is 12.3. The Morgan fingerprint density at radius 1 is 1.11 bits per heavy atom. The molecule has 0 radical (unpaired) electrons. The van der Waals surface area contributed by atoms with Crippen molar-refractivity contribution in [2.45, 2.75) is 12.5 Å². The topological polar surface area (TPSA) is 174 Å². The zero-order chi connectivity index (χ0) is 20.0. The van der Waals surface area contributed by atoms with E-state index in [0.717, 1.165) is 0 Å². The number of nitro benzene ring substituents is 1. The number of aliphatic imine (C=N–C) groups is 1. The molecular weight excluding hydrogens is 354 g/mol. The van der Waals surface area contributed by atoms with Crippen molar-refractivity contribution >= 4 is 29.2 Å². The predicted octanol–water partition coefficient (Wildman–Crippen LogP) is 0.925. The molecule has 1 amide bonds. The second-order valence-electron chi connectivity index (χ2n) is 5.58. The molecule has 10 nitrogen and oxygen atoms in total. The lowest BCUT2D eigenvalue weighted by atomic mass is 10.0. The molecule has 0 fully saturated rings. The number of nitrogens with two attached hydrogens (primary N) is 2. The third-order valence-electron chi connectivity index (χ3n) is 3.58. The van der Waals surface area contributed by atoms with Gasteiger partial charge in [-0.3, -0.25) is 14.9 Å². The molecule has 0 spiro atoms. The van der Waals surface area contributed by atoms with Gasteiger partial charge in [-0.1, -0.05) is 12.1 Å². The number of nitrogens with zero attached hydrogens (tertiary/aromatic N) is 2. The van der Waals surface area contributed by atoms with E-state index in [1.165, 1.54) is 48.5 Å². The van der Waals surface area contributed by atoms with Crippen LogP contribution in [0.1, 0.15) is 15.9 Å². The summed E-state index contributed by atoms with van der Waals surface area (Å²) in [5, 5.41) is 22.4. The summed E-state index contributed by atoms with van der Waals surface area (Å²) in [4.78, 5) is 37.7. The monoisotopic (exact) mass is 371 g/mol. The zero-order valence-electron chi connectivity index (χ0n) is 14.0. The Bertz CT molecular complexity index is 874. The summed E-state index contributed by atoms with van der Waals surface area (Å²) < 4.78 is 0. The van der Waals surface area contributed by atoms with Crippen molar-refractivity contribution in [3.8, 4) is 0 Å². The number of nitro groups is 1. The van der Waals surface area contributed by atoms with Crippen LogP contribution in [-0.2, 0) is 11.2 Å². The Hall–Kier alpha value is -3.95. The standard InChI is InChI=1S/C17H17N5O5/c18-17(19)20-12-5-3-11(4-6-12)15(23)21-14(16(24)25)9-10-1-7-13(8-2-10)22(26)27/h1-8,14H,9H2,(H,21,23)(H,24,25)(H4,18,19,20)/t14-/m0/s1. The van der Waals surface area contributed by atoms with Gasteiger partial charge in [0.05, 0.1) is 10.6 Å². The predicted molar refractivity (Wildman–Crippen MR) is 97.6 cm³/mol. The molecule has 2 aromatic rings. The fourth-order valence-electron chi connectivity index (χ4n) is 2.27. The summed E-state index contributed by atoms with van der Waals surface area (Å²) in [5.74, 6) is -1.93. The van der Waals surface area contributed by atoms with Gasteiger partial charge in [0, 0.05) is 24.1 Å². The van der Waals surface area contributed by atoms with Gasteiger partial charge in [0.1, 0.15) is 6.04 Å². The number of hydrogen-bond acceptors (Lipinski definition) is 5. The average Bonchev–Trinajstić information content (AvgIpc) is 2.61. The fourth-order valence-corrected chi connectivity index (χ4v) is 2.27. The van der Waals surface area contributed by atoms with Gasteiger partial charge in [-0.15, -0.1) is 0 Å². The number of carboxylic acids is 1. The van der Waals surface area contributed by atoms with Crippen LogP contribution in [0.25, 0.3) is 0 Å². The molecule has 1 atom stereocenters. The van der Waals surface area contributed by atoms with Gasteiger partial charge in [0.25, 0.3) is 11.6 Å². The van der Waals surface area contributed by atoms with E-state index in [2.05, 4.69) is 10.3 Å². The number of rotatable bonds is 7. The van der Waals surface area contributed by atoms with Gasteiger partial charge >= 0.3 is 5.97 Å². The van der Waals surface area contributed by atoms with Crippen molar-refractivity contribution in [2.75, 3.05) is 0 Å². The highest BCUT2D eigenvalue weighted by Gasteiger charge is 2.21. The minimum absolute atomic E-state index is 0.0227. The maximum Gasteiger partial charge on any atom is 0.326 e. The van der Waals surface area contributed by atoms with Gasteiger partial charge in [-0.2, -0.15) is 0 Å². The minimum atomic E-state index is -1.22. The van der Waals surface area contributed by atoms with Gasteiger partial charge < -0.3 is 21.9 Å². The number of carboxylic acid groups (broad SMARTS) is 1. The second kappa shape index (κ2) is 8.43. The van der Waals surface area contributed by atoms with Crippen LogP contribution in [0.15, 0.2) is 53.5 Å². The van der Waals surface area contributed by atoms with E-state index in [1.807, 2.05) is 0 Å². The summed E-state index contributed by atoms with van der Waals surface area (Å²) in [6.45, 7) is 0. The molecule has 0 saturated heterocycles. The Kier molecular flexibility index (Phi) is 6.05. The molecule has 6 N–H and O–H groups in total. The number of nitrogens with one attached hydrogen (secondary N) is 1. The number of carbonyl (C=O) groups is 2. The van der Waals surface area contributed by atoms with Gasteiger partial charge in [-0.05, 0) is 29.8 Å². The van der Waals surface area contributed by atoms with E-state index in [4.69, 9.17) is 11.5 Å². The van der Waals surface area contributed by atoms with Crippen molar-refractivity contribution < 1.29 is 19.6 Å². The van der Waals surface area contributed by atoms with Crippen LogP contribution in [0, 0.1) is 10.1 Å². The highest BCUT2D eigenvalue weighted by Crippen LogP contribution is 2.15. The molecule has 0 unspecified atom stereocenters. The average molecular weight is 371 g/mol. The summed E-state index contributed by atoms with van der Waals surface area (Å²) in [6, 6.07) is 10.2. The highest BCUT2D eigenvalue weighted by molar-refractivity contribution is 5.97. The van der Waals surface area contributed by atoms with E-state index < -0.39 is 22.8 Å². The van der Waals surface area contributed by atoms with E-state index in [-0.39, 0.29) is 23.6 Å². The van der Waals surface area contributed by atoms with Crippen LogP contribution in [0.4, 0.5) is 11.4 Å². The van der Waals surface area contributed by atoms with Crippen molar-refractivity contribution in [3.63, 3.8) is 0 Å². The van der Waals surface area contributed by atoms with E-state index >= 15 is 0 Å². The molecule has 0 saturated carbocycles. The highest BCUT2D eigenvalue weighted by atomic mass is 16.6. The van der Waals surface area contributed by atoms with Crippen LogP contribution >= 0.6 is 0 Å². The molecule has 2 aromatic carbocycles. The van der Waals surface area contributed by atoms with Gasteiger partial charge in [0.2, 0.25) is 0 Å². The van der Waals surface area contributed by atoms with Crippen molar-refractivity contribution in [2.24, 2.45) is 16.5 Å². The molecule has 0 aliphatic carbocycles. The largest absolute Gasteiger partial charge is 0.480 e. The molecule has 0 heterocycles. The number of hydrogen-bond donors (Lipinski definition) is 4.